The van der Waals surface area contributed by atoms with Gasteiger partial charge in [-0.3, -0.25) is 4.98 Å². The maximum atomic E-state index is 4.85. The topological polar surface area (TPSA) is 34.0 Å². The van der Waals surface area contributed by atoms with Crippen LogP contribution in [-0.2, 0) is 6.42 Å². The molecule has 0 atom stereocenters. The molecule has 0 amide bonds. The van der Waals surface area contributed by atoms with E-state index in [0.29, 0.717) is 0 Å². The van der Waals surface area contributed by atoms with Gasteiger partial charge in [0, 0.05) is 51.2 Å². The summed E-state index contributed by atoms with van der Waals surface area (Å²) in [5.41, 5.74) is 12.6. The fourth-order valence-corrected chi connectivity index (χ4v) is 6.22. The number of fused-ring (bicyclic) bond motifs is 4. The van der Waals surface area contributed by atoms with Crippen LogP contribution in [0.5, 0.6) is 0 Å². The number of pyridine rings is 2. The second-order valence-electron chi connectivity index (χ2n) is 10.6. The molecule has 0 saturated carbocycles. The molecule has 4 nitrogen and oxygen atoms in total. The van der Waals surface area contributed by atoms with Crippen molar-refractivity contribution < 1.29 is 0 Å². The lowest BCUT2D eigenvalue weighted by molar-refractivity contribution is 0.838. The van der Waals surface area contributed by atoms with Crippen molar-refractivity contribution in [3.8, 4) is 16.9 Å². The zero-order valence-corrected chi connectivity index (χ0v) is 23.1. The molecule has 0 bridgehead atoms. The van der Waals surface area contributed by atoms with Crippen molar-refractivity contribution >= 4 is 39.4 Å². The summed E-state index contributed by atoms with van der Waals surface area (Å²) >= 11 is 0. The molecule has 3 aromatic heterocycles. The van der Waals surface area contributed by atoms with E-state index in [4.69, 9.17) is 4.98 Å². The summed E-state index contributed by atoms with van der Waals surface area (Å²) in [6.45, 7) is 0. The molecule has 1 aliphatic carbocycles. The molecule has 0 aliphatic heterocycles. The minimum atomic E-state index is 0.909. The van der Waals surface area contributed by atoms with E-state index in [1.807, 2.05) is 18.2 Å². The average Bonchev–Trinajstić information content (AvgIpc) is 3.39. The maximum Gasteiger partial charge on any atom is 0.0894 e. The summed E-state index contributed by atoms with van der Waals surface area (Å²) in [6.07, 6.45) is 6.10. The van der Waals surface area contributed by atoms with Gasteiger partial charge in [-0.05, 0) is 85.6 Å². The number of anilines is 2. The highest BCUT2D eigenvalue weighted by molar-refractivity contribution is 5.94. The molecule has 3 heterocycles. The minimum absolute atomic E-state index is 0.909. The quantitative estimate of drug-likeness (QED) is 0.218. The third-order valence-electron chi connectivity index (χ3n) is 8.14. The number of rotatable bonds is 5. The SMILES string of the molecule is C1=C(N(c2ccccc2)c2ccccc2)CCc2c1c1ccccc1n2-c1ccc(-c2ccc3ncccc3n2)cc1. The maximum absolute atomic E-state index is 4.85. The lowest BCUT2D eigenvalue weighted by Crippen LogP contribution is -2.19. The second kappa shape index (κ2) is 10.2. The largest absolute Gasteiger partial charge is 0.314 e. The van der Waals surface area contributed by atoms with Crippen LogP contribution in [-0.4, -0.2) is 14.5 Å². The number of aromatic nitrogens is 3. The summed E-state index contributed by atoms with van der Waals surface area (Å²) in [5.74, 6) is 0. The van der Waals surface area contributed by atoms with Crippen molar-refractivity contribution in [1.82, 2.24) is 14.5 Å². The zero-order valence-electron chi connectivity index (χ0n) is 23.1. The van der Waals surface area contributed by atoms with Crippen LogP contribution < -0.4 is 4.90 Å². The third kappa shape index (κ3) is 4.16. The molecule has 1 aliphatic rings. The average molecular weight is 541 g/mol. The van der Waals surface area contributed by atoms with Crippen molar-refractivity contribution in [2.24, 2.45) is 0 Å². The molecule has 4 aromatic carbocycles. The number of nitrogens with zero attached hydrogens (tertiary/aromatic N) is 4. The Bertz CT molecular complexity index is 2030. The van der Waals surface area contributed by atoms with Crippen molar-refractivity contribution in [2.45, 2.75) is 12.8 Å². The number of hydrogen-bond acceptors (Lipinski definition) is 3. The van der Waals surface area contributed by atoms with E-state index in [1.165, 1.54) is 44.9 Å². The highest BCUT2D eigenvalue weighted by Crippen LogP contribution is 2.40. The van der Waals surface area contributed by atoms with Crippen LogP contribution >= 0.6 is 0 Å². The van der Waals surface area contributed by atoms with Crippen LogP contribution in [0.3, 0.4) is 0 Å². The smallest absolute Gasteiger partial charge is 0.0894 e. The van der Waals surface area contributed by atoms with Crippen LogP contribution in [0.1, 0.15) is 17.7 Å². The molecule has 200 valence electrons. The second-order valence-corrected chi connectivity index (χ2v) is 10.6. The van der Waals surface area contributed by atoms with Crippen molar-refractivity contribution in [3.63, 3.8) is 0 Å². The normalized spacial score (nSPS) is 12.7. The van der Waals surface area contributed by atoms with Gasteiger partial charge in [-0.15, -0.1) is 0 Å². The first-order valence-corrected chi connectivity index (χ1v) is 14.4. The Balaban J connectivity index is 1.23. The Morgan fingerprint density at radius 1 is 0.595 bits per heavy atom. The number of allylic oxidation sites excluding steroid dienone is 1. The van der Waals surface area contributed by atoms with E-state index >= 15 is 0 Å². The van der Waals surface area contributed by atoms with Gasteiger partial charge in [0.15, 0.2) is 0 Å². The molecule has 0 N–H and O–H groups in total. The van der Waals surface area contributed by atoms with Gasteiger partial charge in [0.1, 0.15) is 0 Å². The Morgan fingerprint density at radius 3 is 2.07 bits per heavy atom. The van der Waals surface area contributed by atoms with Gasteiger partial charge in [0.25, 0.3) is 0 Å². The van der Waals surface area contributed by atoms with Crippen LogP contribution in [0.4, 0.5) is 11.4 Å². The van der Waals surface area contributed by atoms with Gasteiger partial charge in [0.2, 0.25) is 0 Å². The first kappa shape index (κ1) is 24.3. The summed E-state index contributed by atoms with van der Waals surface area (Å²) in [5, 5.41) is 1.28. The molecule has 0 spiro atoms. The van der Waals surface area contributed by atoms with Gasteiger partial charge in [-0.2, -0.15) is 0 Å². The van der Waals surface area contributed by atoms with Crippen LogP contribution in [0.15, 0.2) is 145 Å². The first-order valence-electron chi connectivity index (χ1n) is 14.4. The van der Waals surface area contributed by atoms with Crippen LogP contribution in [0, 0.1) is 0 Å². The van der Waals surface area contributed by atoms with E-state index in [2.05, 4.69) is 136 Å². The summed E-state index contributed by atoms with van der Waals surface area (Å²) < 4.78 is 2.44. The standard InChI is InChI=1S/C38H28N4/c1-3-10-28(11-4-1)41(29-12-5-2-6-13-29)31-21-24-38-33(26-31)32-14-7-8-16-37(32)42(38)30-19-17-27(18-20-30)34-22-23-35-36(40-34)15-9-25-39-35/h1-20,22-23,25-26H,21,24H2. The summed E-state index contributed by atoms with van der Waals surface area (Å²) in [7, 11) is 0. The lowest BCUT2D eigenvalue weighted by Gasteiger charge is -2.30. The summed E-state index contributed by atoms with van der Waals surface area (Å²) in [6, 6.07) is 46.9. The fourth-order valence-electron chi connectivity index (χ4n) is 6.22. The van der Waals surface area contributed by atoms with E-state index in [1.54, 1.807) is 6.20 Å². The predicted molar refractivity (Wildman–Crippen MR) is 173 cm³/mol. The van der Waals surface area contributed by atoms with Crippen molar-refractivity contribution in [1.29, 1.82) is 0 Å². The van der Waals surface area contributed by atoms with Gasteiger partial charge < -0.3 is 9.47 Å². The molecule has 7 aromatic rings. The first-order chi connectivity index (χ1) is 20.8. The van der Waals surface area contributed by atoms with Gasteiger partial charge in [-0.1, -0.05) is 66.7 Å². The molecular weight excluding hydrogens is 512 g/mol. The van der Waals surface area contributed by atoms with E-state index in [0.717, 1.165) is 35.1 Å². The Morgan fingerprint density at radius 2 is 1.31 bits per heavy atom. The monoisotopic (exact) mass is 540 g/mol. The van der Waals surface area contributed by atoms with Gasteiger partial charge >= 0.3 is 0 Å². The van der Waals surface area contributed by atoms with Crippen molar-refractivity contribution in [3.05, 3.63) is 157 Å². The van der Waals surface area contributed by atoms with E-state index < -0.39 is 0 Å². The number of hydrogen-bond donors (Lipinski definition) is 0. The molecule has 0 fully saturated rings. The highest BCUT2D eigenvalue weighted by atomic mass is 15.2. The third-order valence-corrected chi connectivity index (χ3v) is 8.14. The Hall–Kier alpha value is -5.48. The molecule has 8 rings (SSSR count). The van der Waals surface area contributed by atoms with Crippen molar-refractivity contribution in [2.75, 3.05) is 4.90 Å². The Kier molecular flexibility index (Phi) is 5.89. The lowest BCUT2D eigenvalue weighted by atomic mass is 9.98. The minimum Gasteiger partial charge on any atom is -0.314 e. The van der Waals surface area contributed by atoms with Gasteiger partial charge in [0.05, 0.1) is 22.2 Å². The fraction of sp³-hybridized carbons (Fsp3) is 0.0526. The number of benzene rings is 4. The molecule has 0 radical (unpaired) electrons. The molecule has 0 unspecified atom stereocenters. The molecule has 4 heteroatoms. The van der Waals surface area contributed by atoms with E-state index in [9.17, 15) is 0 Å². The van der Waals surface area contributed by atoms with E-state index in [-0.39, 0.29) is 0 Å². The Labute approximate surface area is 244 Å². The van der Waals surface area contributed by atoms with Crippen LogP contribution in [0.25, 0.3) is 45.0 Å². The zero-order chi connectivity index (χ0) is 27.9. The molecule has 42 heavy (non-hydrogen) atoms. The van der Waals surface area contributed by atoms with Crippen LogP contribution in [0.2, 0.25) is 0 Å². The molecule has 0 saturated heterocycles. The summed E-state index contributed by atoms with van der Waals surface area (Å²) in [4.78, 5) is 11.7. The molecular formula is C38H28N4. The predicted octanol–water partition coefficient (Wildman–Crippen LogP) is 9.37. The highest BCUT2D eigenvalue weighted by Gasteiger charge is 2.24. The number of para-hydroxylation sites is 3. The van der Waals surface area contributed by atoms with Gasteiger partial charge in [-0.25, -0.2) is 4.98 Å².